The van der Waals surface area contributed by atoms with Gasteiger partial charge >= 0.3 is 5.97 Å². The second-order valence-electron chi connectivity index (χ2n) is 3.66. The third-order valence-corrected chi connectivity index (χ3v) is 2.14. The summed E-state index contributed by atoms with van der Waals surface area (Å²) in [6.45, 7) is 7.45. The lowest BCUT2D eigenvalue weighted by molar-refractivity contribution is -0.147. The first-order chi connectivity index (χ1) is 7.61. The first kappa shape index (κ1) is 14.7. The standard InChI is InChI=1S/C12H21NO3/c1-4-6-7-8-9-16-12(15)10(3)13-11(14)5-2/h5,10H,2,4,6-9H2,1,3H3,(H,13,14). The van der Waals surface area contributed by atoms with E-state index in [2.05, 4.69) is 18.8 Å². The molecule has 0 aliphatic rings. The molecule has 16 heavy (non-hydrogen) atoms. The van der Waals surface area contributed by atoms with Crippen molar-refractivity contribution in [3.05, 3.63) is 12.7 Å². The predicted molar refractivity (Wildman–Crippen MR) is 62.9 cm³/mol. The second kappa shape index (κ2) is 8.95. The van der Waals surface area contributed by atoms with Crippen molar-refractivity contribution in [3.8, 4) is 0 Å². The summed E-state index contributed by atoms with van der Waals surface area (Å²) >= 11 is 0. The molecule has 0 fully saturated rings. The van der Waals surface area contributed by atoms with Crippen molar-refractivity contribution in [1.29, 1.82) is 0 Å². The van der Waals surface area contributed by atoms with Gasteiger partial charge in [-0.05, 0) is 19.4 Å². The Labute approximate surface area is 97.1 Å². The topological polar surface area (TPSA) is 55.4 Å². The monoisotopic (exact) mass is 227 g/mol. The Morgan fingerprint density at radius 2 is 2.06 bits per heavy atom. The lowest BCUT2D eigenvalue weighted by Gasteiger charge is -2.11. The molecular weight excluding hydrogens is 206 g/mol. The fourth-order valence-corrected chi connectivity index (χ4v) is 1.16. The fourth-order valence-electron chi connectivity index (χ4n) is 1.16. The second-order valence-corrected chi connectivity index (χ2v) is 3.66. The van der Waals surface area contributed by atoms with E-state index in [4.69, 9.17) is 4.74 Å². The Balaban J connectivity index is 3.63. The van der Waals surface area contributed by atoms with Gasteiger partial charge in [0.15, 0.2) is 0 Å². The minimum Gasteiger partial charge on any atom is -0.464 e. The van der Waals surface area contributed by atoms with Crippen LogP contribution >= 0.6 is 0 Å². The van der Waals surface area contributed by atoms with Gasteiger partial charge in [-0.3, -0.25) is 4.79 Å². The zero-order valence-electron chi connectivity index (χ0n) is 10.1. The van der Waals surface area contributed by atoms with E-state index in [1.807, 2.05) is 0 Å². The van der Waals surface area contributed by atoms with E-state index in [1.54, 1.807) is 6.92 Å². The van der Waals surface area contributed by atoms with E-state index in [0.717, 1.165) is 31.8 Å². The van der Waals surface area contributed by atoms with E-state index in [-0.39, 0.29) is 5.91 Å². The van der Waals surface area contributed by atoms with Crippen LogP contribution in [0, 0.1) is 0 Å². The van der Waals surface area contributed by atoms with Crippen LogP contribution in [0.15, 0.2) is 12.7 Å². The van der Waals surface area contributed by atoms with Crippen LogP contribution in [0.5, 0.6) is 0 Å². The molecule has 0 aromatic rings. The van der Waals surface area contributed by atoms with Crippen LogP contribution < -0.4 is 5.32 Å². The summed E-state index contributed by atoms with van der Waals surface area (Å²) in [5.74, 6) is -0.762. The van der Waals surface area contributed by atoms with Crippen molar-refractivity contribution in [3.63, 3.8) is 0 Å². The third-order valence-electron chi connectivity index (χ3n) is 2.14. The Kier molecular flexibility index (Phi) is 8.21. The number of nitrogens with one attached hydrogen (secondary N) is 1. The number of hydrogen-bond donors (Lipinski definition) is 1. The first-order valence-corrected chi connectivity index (χ1v) is 5.71. The maximum Gasteiger partial charge on any atom is 0.328 e. The van der Waals surface area contributed by atoms with Gasteiger partial charge in [-0.15, -0.1) is 0 Å². The number of unbranched alkanes of at least 4 members (excludes halogenated alkanes) is 3. The Morgan fingerprint density at radius 1 is 1.38 bits per heavy atom. The summed E-state index contributed by atoms with van der Waals surface area (Å²) < 4.78 is 5.01. The summed E-state index contributed by atoms with van der Waals surface area (Å²) in [6, 6.07) is -0.614. The maximum atomic E-state index is 11.4. The fraction of sp³-hybridized carbons (Fsp3) is 0.667. The van der Waals surface area contributed by atoms with Crippen molar-refractivity contribution in [1.82, 2.24) is 5.32 Å². The molecule has 0 aliphatic carbocycles. The van der Waals surface area contributed by atoms with Crippen molar-refractivity contribution < 1.29 is 14.3 Å². The van der Waals surface area contributed by atoms with Crippen molar-refractivity contribution >= 4 is 11.9 Å². The quantitative estimate of drug-likeness (QED) is 0.391. The summed E-state index contributed by atoms with van der Waals surface area (Å²) in [6.07, 6.45) is 5.38. The molecule has 0 saturated heterocycles. The number of ether oxygens (including phenoxy) is 1. The highest BCUT2D eigenvalue weighted by molar-refractivity contribution is 5.90. The first-order valence-electron chi connectivity index (χ1n) is 5.71. The molecule has 1 atom stereocenters. The molecule has 0 radical (unpaired) electrons. The molecular formula is C12H21NO3. The van der Waals surface area contributed by atoms with Gasteiger partial charge in [0, 0.05) is 0 Å². The SMILES string of the molecule is C=CC(=O)NC(C)C(=O)OCCCCCC. The summed E-state index contributed by atoms with van der Waals surface area (Å²) in [7, 11) is 0. The van der Waals surface area contributed by atoms with Gasteiger partial charge in [-0.25, -0.2) is 4.79 Å². The van der Waals surface area contributed by atoms with Gasteiger partial charge in [0.1, 0.15) is 6.04 Å². The van der Waals surface area contributed by atoms with E-state index >= 15 is 0 Å². The van der Waals surface area contributed by atoms with Crippen molar-refractivity contribution in [2.45, 2.75) is 45.6 Å². The molecule has 92 valence electrons. The number of esters is 1. The highest BCUT2D eigenvalue weighted by atomic mass is 16.5. The lowest BCUT2D eigenvalue weighted by atomic mass is 10.2. The minimum atomic E-state index is -0.614. The zero-order chi connectivity index (χ0) is 12.4. The molecule has 0 spiro atoms. The van der Waals surface area contributed by atoms with Crippen LogP contribution in [-0.4, -0.2) is 24.5 Å². The number of amides is 1. The lowest BCUT2D eigenvalue weighted by Crippen LogP contribution is -2.38. The Hall–Kier alpha value is -1.32. The zero-order valence-corrected chi connectivity index (χ0v) is 10.1. The van der Waals surface area contributed by atoms with Crippen LogP contribution in [0.3, 0.4) is 0 Å². The van der Waals surface area contributed by atoms with Gasteiger partial charge in [-0.1, -0.05) is 32.8 Å². The van der Waals surface area contributed by atoms with Gasteiger partial charge in [0.05, 0.1) is 6.61 Å². The summed E-state index contributed by atoms with van der Waals surface area (Å²) in [5.41, 5.74) is 0. The third kappa shape index (κ3) is 7.04. The van der Waals surface area contributed by atoms with E-state index in [1.165, 1.54) is 0 Å². The largest absolute Gasteiger partial charge is 0.464 e. The van der Waals surface area contributed by atoms with Crippen LogP contribution in [0.2, 0.25) is 0 Å². The average molecular weight is 227 g/mol. The summed E-state index contributed by atoms with van der Waals surface area (Å²) in [4.78, 5) is 22.3. The molecule has 4 heteroatoms. The van der Waals surface area contributed by atoms with E-state index in [9.17, 15) is 9.59 Å². The number of carbonyl (C=O) groups excluding carboxylic acids is 2. The molecule has 0 aromatic heterocycles. The molecule has 0 saturated carbocycles. The minimum absolute atomic E-state index is 0.365. The average Bonchev–Trinajstić information content (AvgIpc) is 2.28. The normalized spacial score (nSPS) is 11.6. The highest BCUT2D eigenvalue weighted by Crippen LogP contribution is 1.99. The number of hydrogen-bond acceptors (Lipinski definition) is 3. The maximum absolute atomic E-state index is 11.4. The van der Waals surface area contributed by atoms with Crippen LogP contribution in [0.4, 0.5) is 0 Å². The van der Waals surface area contributed by atoms with Gasteiger partial charge in [0.25, 0.3) is 0 Å². The Bertz CT molecular complexity index is 238. The molecule has 0 aliphatic heterocycles. The van der Waals surface area contributed by atoms with Gasteiger partial charge < -0.3 is 10.1 Å². The summed E-state index contributed by atoms with van der Waals surface area (Å²) in [5, 5.41) is 2.45. The Morgan fingerprint density at radius 3 is 2.62 bits per heavy atom. The van der Waals surface area contributed by atoms with E-state index in [0.29, 0.717) is 6.61 Å². The highest BCUT2D eigenvalue weighted by Gasteiger charge is 2.14. The van der Waals surface area contributed by atoms with Crippen LogP contribution in [0.25, 0.3) is 0 Å². The van der Waals surface area contributed by atoms with Gasteiger partial charge in [-0.2, -0.15) is 0 Å². The molecule has 1 unspecified atom stereocenters. The predicted octanol–water partition coefficient (Wildman–Crippen LogP) is 1.80. The molecule has 1 N–H and O–H groups in total. The van der Waals surface area contributed by atoms with Gasteiger partial charge in [0.2, 0.25) is 5.91 Å². The van der Waals surface area contributed by atoms with E-state index < -0.39 is 12.0 Å². The molecule has 0 bridgehead atoms. The molecule has 4 nitrogen and oxygen atoms in total. The molecule has 1 amide bonds. The van der Waals surface area contributed by atoms with Crippen molar-refractivity contribution in [2.75, 3.05) is 6.61 Å². The molecule has 0 aromatic carbocycles. The van der Waals surface area contributed by atoms with Crippen LogP contribution in [0.1, 0.15) is 39.5 Å². The smallest absolute Gasteiger partial charge is 0.328 e. The van der Waals surface area contributed by atoms with Crippen LogP contribution in [-0.2, 0) is 14.3 Å². The molecule has 0 heterocycles. The molecule has 0 rings (SSSR count). The van der Waals surface area contributed by atoms with Crippen molar-refractivity contribution in [2.24, 2.45) is 0 Å². The number of carbonyl (C=O) groups is 2. The number of rotatable bonds is 8.